The first kappa shape index (κ1) is 25.7. The fraction of sp³-hybridized carbons (Fsp3) is 0.688. The summed E-state index contributed by atoms with van der Waals surface area (Å²) in [5, 5.41) is 24.9. The van der Waals surface area contributed by atoms with Gasteiger partial charge in [-0.1, -0.05) is 13.8 Å². The molecule has 28 heavy (non-hydrogen) atoms. The molecule has 0 rings (SSSR count). The van der Waals surface area contributed by atoms with Crippen molar-refractivity contribution in [2.75, 3.05) is 18.6 Å². The van der Waals surface area contributed by atoms with Crippen LogP contribution in [0.15, 0.2) is 0 Å². The molecule has 3 amide bonds. The largest absolute Gasteiger partial charge is 0.481 e. The molecule has 0 saturated heterocycles. The minimum atomic E-state index is -1.63. The Balaban J connectivity index is 5.24. The smallest absolute Gasteiger partial charge is 0.326 e. The summed E-state index contributed by atoms with van der Waals surface area (Å²) in [4.78, 5) is 58.4. The Kier molecular flexibility index (Phi) is 11.9. The molecule has 3 unspecified atom stereocenters. The van der Waals surface area contributed by atoms with Crippen molar-refractivity contribution >= 4 is 41.4 Å². The lowest BCUT2D eigenvalue weighted by Crippen LogP contribution is -2.58. The molecule has 0 aliphatic carbocycles. The molecule has 0 heterocycles. The monoisotopic (exact) mass is 420 g/mol. The maximum absolute atomic E-state index is 12.6. The summed E-state index contributed by atoms with van der Waals surface area (Å²) >= 11 is 1.47. The van der Waals surface area contributed by atoms with Gasteiger partial charge >= 0.3 is 11.9 Å². The zero-order chi connectivity index (χ0) is 21.9. The van der Waals surface area contributed by atoms with Crippen LogP contribution >= 0.6 is 11.8 Å². The van der Waals surface area contributed by atoms with E-state index in [1.54, 1.807) is 13.8 Å². The number of rotatable bonds is 13. The van der Waals surface area contributed by atoms with Crippen molar-refractivity contribution in [1.29, 1.82) is 0 Å². The van der Waals surface area contributed by atoms with E-state index < -0.39 is 60.1 Å². The van der Waals surface area contributed by atoms with E-state index in [0.717, 1.165) is 0 Å². The van der Waals surface area contributed by atoms with Crippen molar-refractivity contribution in [3.63, 3.8) is 0 Å². The minimum absolute atomic E-state index is 0.299. The van der Waals surface area contributed by atoms with Gasteiger partial charge in [-0.15, -0.1) is 0 Å². The lowest BCUT2D eigenvalue weighted by atomic mass is 10.0. The molecule has 7 N–H and O–H groups in total. The number of aliphatic carboxylic acids is 2. The fourth-order valence-electron chi connectivity index (χ4n) is 2.18. The maximum atomic E-state index is 12.6. The van der Waals surface area contributed by atoms with Gasteiger partial charge in [-0.05, 0) is 24.3 Å². The van der Waals surface area contributed by atoms with Crippen molar-refractivity contribution in [2.24, 2.45) is 11.7 Å². The molecule has 0 fully saturated rings. The molecule has 160 valence electrons. The Morgan fingerprint density at radius 1 is 0.964 bits per heavy atom. The number of carbonyl (C=O) groups excluding carboxylic acids is 3. The number of carbonyl (C=O) groups is 5. The second-order valence-electron chi connectivity index (χ2n) is 6.33. The Labute approximate surface area is 167 Å². The molecule has 0 bridgehead atoms. The van der Waals surface area contributed by atoms with Crippen LogP contribution in [0.1, 0.15) is 26.7 Å². The van der Waals surface area contributed by atoms with Crippen molar-refractivity contribution in [1.82, 2.24) is 16.0 Å². The number of hydrogen-bond acceptors (Lipinski definition) is 7. The van der Waals surface area contributed by atoms with E-state index in [9.17, 15) is 24.0 Å². The van der Waals surface area contributed by atoms with Gasteiger partial charge in [-0.25, -0.2) is 4.79 Å². The third kappa shape index (κ3) is 9.55. The van der Waals surface area contributed by atoms with Crippen molar-refractivity contribution in [2.45, 2.75) is 44.8 Å². The van der Waals surface area contributed by atoms with Gasteiger partial charge in [0, 0.05) is 0 Å². The quantitative estimate of drug-likeness (QED) is 0.203. The highest BCUT2D eigenvalue weighted by molar-refractivity contribution is 7.98. The number of nitrogens with two attached hydrogens (primary N) is 1. The van der Waals surface area contributed by atoms with Gasteiger partial charge < -0.3 is 31.9 Å². The van der Waals surface area contributed by atoms with Crippen LogP contribution in [0.3, 0.4) is 0 Å². The molecule has 11 nitrogen and oxygen atoms in total. The summed E-state index contributed by atoms with van der Waals surface area (Å²) in [5.41, 5.74) is 5.25. The van der Waals surface area contributed by atoms with Crippen LogP contribution in [0.4, 0.5) is 0 Å². The summed E-state index contributed by atoms with van der Waals surface area (Å²) in [6, 6.07) is -3.66. The topological polar surface area (TPSA) is 188 Å². The highest BCUT2D eigenvalue weighted by Crippen LogP contribution is 2.07. The van der Waals surface area contributed by atoms with Gasteiger partial charge in [0.05, 0.1) is 13.0 Å². The van der Waals surface area contributed by atoms with Crippen LogP contribution in [-0.4, -0.2) is 76.6 Å². The predicted molar refractivity (Wildman–Crippen MR) is 103 cm³/mol. The van der Waals surface area contributed by atoms with Crippen molar-refractivity contribution < 1.29 is 34.2 Å². The van der Waals surface area contributed by atoms with E-state index in [1.807, 2.05) is 6.26 Å². The first-order chi connectivity index (χ1) is 13.0. The molecular formula is C16H28N4O7S. The molecule has 0 aromatic carbocycles. The lowest BCUT2D eigenvalue weighted by Gasteiger charge is -2.26. The third-order valence-corrected chi connectivity index (χ3v) is 4.33. The standard InChI is InChI=1S/C16H28N4O7S/c1-8(2)13(15(25)19-10(16(26)27)6-12(22)23)20-14(24)9(4-5-28-3)18-11(21)7-17/h8-10,13H,4-7,17H2,1-3H3,(H,18,21)(H,19,25)(H,20,24)(H,22,23)(H,26,27). The molecule has 3 atom stereocenters. The molecule has 0 saturated carbocycles. The Morgan fingerprint density at radius 3 is 2.00 bits per heavy atom. The molecule has 0 aromatic heterocycles. The van der Waals surface area contributed by atoms with E-state index in [4.69, 9.17) is 15.9 Å². The van der Waals surface area contributed by atoms with Gasteiger partial charge in [0.25, 0.3) is 0 Å². The molecular weight excluding hydrogens is 392 g/mol. The van der Waals surface area contributed by atoms with Crippen LogP contribution in [-0.2, 0) is 24.0 Å². The number of amides is 3. The summed E-state index contributed by atoms with van der Waals surface area (Å²) < 4.78 is 0. The molecule has 12 heteroatoms. The minimum Gasteiger partial charge on any atom is -0.481 e. The summed E-state index contributed by atoms with van der Waals surface area (Å²) in [6.07, 6.45) is 1.34. The lowest BCUT2D eigenvalue weighted by molar-refractivity contribution is -0.147. The van der Waals surface area contributed by atoms with Crippen LogP contribution < -0.4 is 21.7 Å². The molecule has 0 aromatic rings. The second kappa shape index (κ2) is 12.9. The zero-order valence-electron chi connectivity index (χ0n) is 16.1. The van der Waals surface area contributed by atoms with E-state index in [1.165, 1.54) is 11.8 Å². The number of carboxylic acids is 2. The van der Waals surface area contributed by atoms with Gasteiger partial charge in [0.15, 0.2) is 0 Å². The number of nitrogens with one attached hydrogen (secondary N) is 3. The van der Waals surface area contributed by atoms with E-state index in [0.29, 0.717) is 12.2 Å². The van der Waals surface area contributed by atoms with Gasteiger partial charge in [-0.3, -0.25) is 19.2 Å². The summed E-state index contributed by atoms with van der Waals surface area (Å²) in [6.45, 7) is 2.96. The SMILES string of the molecule is CSCCC(NC(=O)CN)C(=O)NC(C(=O)NC(CC(=O)O)C(=O)O)C(C)C. The van der Waals surface area contributed by atoms with E-state index in [2.05, 4.69) is 16.0 Å². The van der Waals surface area contributed by atoms with E-state index in [-0.39, 0.29) is 6.54 Å². The maximum Gasteiger partial charge on any atom is 0.326 e. The second-order valence-corrected chi connectivity index (χ2v) is 7.32. The van der Waals surface area contributed by atoms with Crippen LogP contribution in [0.25, 0.3) is 0 Å². The third-order valence-electron chi connectivity index (χ3n) is 3.69. The van der Waals surface area contributed by atoms with E-state index >= 15 is 0 Å². The predicted octanol–water partition coefficient (Wildman–Crippen LogP) is -1.63. The van der Waals surface area contributed by atoms with Crippen LogP contribution in [0.5, 0.6) is 0 Å². The number of hydrogen-bond donors (Lipinski definition) is 6. The van der Waals surface area contributed by atoms with Gasteiger partial charge in [-0.2, -0.15) is 11.8 Å². The molecule has 0 radical (unpaired) electrons. The summed E-state index contributed by atoms with van der Waals surface area (Å²) in [5.74, 6) is -4.72. The van der Waals surface area contributed by atoms with Gasteiger partial charge in [0.2, 0.25) is 17.7 Å². The molecule has 0 aliphatic rings. The highest BCUT2D eigenvalue weighted by atomic mass is 32.2. The average molecular weight is 420 g/mol. The Morgan fingerprint density at radius 2 is 1.57 bits per heavy atom. The van der Waals surface area contributed by atoms with Crippen LogP contribution in [0, 0.1) is 5.92 Å². The van der Waals surface area contributed by atoms with Gasteiger partial charge in [0.1, 0.15) is 18.1 Å². The molecule has 0 spiro atoms. The van der Waals surface area contributed by atoms with Crippen molar-refractivity contribution in [3.05, 3.63) is 0 Å². The first-order valence-corrected chi connectivity index (χ1v) is 9.96. The fourth-order valence-corrected chi connectivity index (χ4v) is 2.65. The zero-order valence-corrected chi connectivity index (χ0v) is 16.9. The normalized spacial score (nSPS) is 13.9. The Hall–Kier alpha value is -2.34. The number of thioether (sulfide) groups is 1. The Bertz CT molecular complexity index is 585. The number of carboxylic acid groups (broad SMARTS) is 2. The van der Waals surface area contributed by atoms with Crippen LogP contribution in [0.2, 0.25) is 0 Å². The molecule has 0 aliphatic heterocycles. The van der Waals surface area contributed by atoms with Crippen molar-refractivity contribution in [3.8, 4) is 0 Å². The average Bonchev–Trinajstić information content (AvgIpc) is 2.60. The first-order valence-electron chi connectivity index (χ1n) is 8.57. The highest BCUT2D eigenvalue weighted by Gasteiger charge is 2.31. The summed E-state index contributed by atoms with van der Waals surface area (Å²) in [7, 11) is 0.